The van der Waals surface area contributed by atoms with Gasteiger partial charge in [-0.25, -0.2) is 4.39 Å². The molecule has 2 aromatic carbocycles. The van der Waals surface area contributed by atoms with Gasteiger partial charge in [-0.15, -0.1) is 0 Å². The lowest BCUT2D eigenvalue weighted by Crippen LogP contribution is -2.59. The number of hydroxylamine groups is 1. The molecule has 0 spiro atoms. The Bertz CT molecular complexity index is 1090. The van der Waals surface area contributed by atoms with Gasteiger partial charge in [0.25, 0.3) is 0 Å². The van der Waals surface area contributed by atoms with E-state index in [4.69, 9.17) is 16.4 Å². The second-order valence-corrected chi connectivity index (χ2v) is 8.95. The Hall–Kier alpha value is -2.58. The molecule has 1 aliphatic carbocycles. The first kappa shape index (κ1) is 21.3. The van der Waals surface area contributed by atoms with E-state index in [-0.39, 0.29) is 41.2 Å². The van der Waals surface area contributed by atoms with Crippen molar-refractivity contribution in [3.8, 4) is 0 Å². The van der Waals surface area contributed by atoms with E-state index < -0.39 is 17.4 Å². The van der Waals surface area contributed by atoms with Gasteiger partial charge >= 0.3 is 6.18 Å². The van der Waals surface area contributed by atoms with Gasteiger partial charge in [0, 0.05) is 16.5 Å². The summed E-state index contributed by atoms with van der Waals surface area (Å²) < 4.78 is 57.2. The van der Waals surface area contributed by atoms with Gasteiger partial charge in [-0.05, 0) is 42.2 Å². The zero-order valence-electron chi connectivity index (χ0n) is 16.8. The predicted octanol–water partition coefficient (Wildman–Crippen LogP) is 5.09. The summed E-state index contributed by atoms with van der Waals surface area (Å²) in [5.41, 5.74) is -1.23. The first-order valence-corrected chi connectivity index (χ1v) is 10.6. The monoisotopic (exact) mass is 466 g/mol. The number of nitrogens with zero attached hydrogens (tertiary/aromatic N) is 1. The molecule has 1 saturated carbocycles. The Morgan fingerprint density at radius 2 is 1.78 bits per heavy atom. The fourth-order valence-corrected chi connectivity index (χ4v) is 4.33. The van der Waals surface area contributed by atoms with E-state index in [9.17, 15) is 18.0 Å². The van der Waals surface area contributed by atoms with Crippen LogP contribution in [-0.2, 0) is 20.9 Å². The zero-order chi connectivity index (χ0) is 22.7. The number of amides is 1. The van der Waals surface area contributed by atoms with E-state index in [1.54, 1.807) is 0 Å². The minimum atomic E-state index is -4.75. The van der Waals surface area contributed by atoms with Gasteiger partial charge in [-0.3, -0.25) is 15.1 Å². The number of hydrogen-bond donors (Lipinski definition) is 1. The number of benzene rings is 2. The van der Waals surface area contributed by atoms with E-state index in [0.717, 1.165) is 18.9 Å². The Morgan fingerprint density at radius 1 is 1.09 bits per heavy atom. The van der Waals surface area contributed by atoms with E-state index in [2.05, 4.69) is 5.48 Å². The van der Waals surface area contributed by atoms with Crippen LogP contribution in [0, 0.1) is 5.92 Å². The van der Waals surface area contributed by atoms with Gasteiger partial charge < -0.3 is 4.90 Å². The number of halogens is 5. The Morgan fingerprint density at radius 3 is 2.38 bits per heavy atom. The molecule has 2 aromatic rings. The van der Waals surface area contributed by atoms with Crippen LogP contribution in [0.15, 0.2) is 54.6 Å². The minimum absolute atomic E-state index is 0.00229. The third-order valence-electron chi connectivity index (χ3n) is 6.18. The molecule has 1 amide bonds. The molecule has 1 N–H and O–H groups in total. The van der Waals surface area contributed by atoms with Crippen molar-refractivity contribution in [1.82, 2.24) is 10.4 Å². The molecule has 5 rings (SSSR count). The van der Waals surface area contributed by atoms with Crippen LogP contribution in [0.3, 0.4) is 0 Å². The summed E-state index contributed by atoms with van der Waals surface area (Å²) in [7, 11) is 0. The van der Waals surface area contributed by atoms with Crippen molar-refractivity contribution in [2.24, 2.45) is 5.92 Å². The van der Waals surface area contributed by atoms with Crippen LogP contribution in [0.2, 0.25) is 5.02 Å². The van der Waals surface area contributed by atoms with Crippen molar-refractivity contribution in [2.45, 2.75) is 30.3 Å². The first-order valence-electron chi connectivity index (χ1n) is 10.2. The fraction of sp³-hybridized carbons (Fsp3) is 0.348. The highest BCUT2D eigenvalue weighted by Crippen LogP contribution is 2.48. The quantitative estimate of drug-likeness (QED) is 0.638. The molecular weight excluding hydrogens is 448 g/mol. The maximum atomic E-state index is 15.2. The second kappa shape index (κ2) is 7.22. The maximum Gasteiger partial charge on any atom is 0.428 e. The molecule has 2 heterocycles. The van der Waals surface area contributed by atoms with Crippen LogP contribution in [0.1, 0.15) is 29.5 Å². The largest absolute Gasteiger partial charge is 0.428 e. The molecule has 3 aliphatic rings. The molecule has 9 heteroatoms. The van der Waals surface area contributed by atoms with Crippen LogP contribution in [0.5, 0.6) is 0 Å². The molecule has 2 fully saturated rings. The van der Waals surface area contributed by atoms with Gasteiger partial charge in [0.15, 0.2) is 5.67 Å². The normalized spacial score (nSPS) is 24.5. The molecule has 32 heavy (non-hydrogen) atoms. The van der Waals surface area contributed by atoms with Gasteiger partial charge in [-0.2, -0.15) is 13.2 Å². The average molecular weight is 467 g/mol. The van der Waals surface area contributed by atoms with Crippen LogP contribution >= 0.6 is 11.6 Å². The van der Waals surface area contributed by atoms with Crippen LogP contribution in [0.4, 0.5) is 17.6 Å². The van der Waals surface area contributed by atoms with Crippen LogP contribution in [0.25, 0.3) is 5.70 Å². The molecular formula is C23H19ClF4N2O2. The molecule has 1 atom stereocenters. The van der Waals surface area contributed by atoms with E-state index in [0.29, 0.717) is 11.1 Å². The molecule has 0 bridgehead atoms. The molecule has 2 aliphatic heterocycles. The van der Waals surface area contributed by atoms with Gasteiger partial charge in [0.2, 0.25) is 11.5 Å². The van der Waals surface area contributed by atoms with Crippen molar-refractivity contribution in [3.63, 3.8) is 0 Å². The third kappa shape index (κ3) is 3.46. The smallest absolute Gasteiger partial charge is 0.335 e. The summed E-state index contributed by atoms with van der Waals surface area (Å²) in [6, 6.07) is 11.5. The number of hydrogen-bond acceptors (Lipinski definition) is 3. The van der Waals surface area contributed by atoms with Crippen molar-refractivity contribution in [2.75, 3.05) is 13.1 Å². The summed E-state index contributed by atoms with van der Waals surface area (Å²) in [5, 5.41) is 0.156. The second-order valence-electron chi connectivity index (χ2n) is 8.52. The van der Waals surface area contributed by atoms with Gasteiger partial charge in [-0.1, -0.05) is 48.0 Å². The first-order chi connectivity index (χ1) is 15.1. The van der Waals surface area contributed by atoms with Crippen LogP contribution < -0.4 is 5.48 Å². The Balaban J connectivity index is 1.38. The molecule has 4 nitrogen and oxygen atoms in total. The summed E-state index contributed by atoms with van der Waals surface area (Å²) in [6.45, 7) is -0.00459. The van der Waals surface area contributed by atoms with Crippen LogP contribution in [-0.4, -0.2) is 30.1 Å². The molecule has 1 unspecified atom stereocenters. The van der Waals surface area contributed by atoms with Gasteiger partial charge in [0.1, 0.15) is 0 Å². The van der Waals surface area contributed by atoms with Crippen molar-refractivity contribution < 1.29 is 27.2 Å². The van der Waals surface area contributed by atoms with Crippen molar-refractivity contribution in [1.29, 1.82) is 0 Å². The maximum absolute atomic E-state index is 15.2. The number of carbonyl (C=O) groups excluding carboxylic acids is 1. The minimum Gasteiger partial charge on any atom is -0.335 e. The van der Waals surface area contributed by atoms with Crippen molar-refractivity contribution in [3.05, 3.63) is 76.3 Å². The lowest BCUT2D eigenvalue weighted by Gasteiger charge is -2.45. The fourth-order valence-electron chi connectivity index (χ4n) is 4.14. The number of nitrogens with one attached hydrogen (secondary N) is 1. The summed E-state index contributed by atoms with van der Waals surface area (Å²) in [5.74, 6) is 0.0348. The number of carbonyl (C=O) groups is 1. The number of likely N-dealkylation sites (tertiary alicyclic amines) is 1. The lowest BCUT2D eigenvalue weighted by atomic mass is 9.86. The highest BCUT2D eigenvalue weighted by atomic mass is 35.5. The molecule has 1 saturated heterocycles. The summed E-state index contributed by atoms with van der Waals surface area (Å²) in [6.07, 6.45) is -2.07. The summed E-state index contributed by atoms with van der Waals surface area (Å²) in [4.78, 5) is 18.6. The van der Waals surface area contributed by atoms with Gasteiger partial charge in [0.05, 0.1) is 18.8 Å². The van der Waals surface area contributed by atoms with E-state index >= 15 is 4.39 Å². The summed E-state index contributed by atoms with van der Waals surface area (Å²) >= 11 is 5.89. The highest BCUT2D eigenvalue weighted by Gasteiger charge is 2.59. The van der Waals surface area contributed by atoms with Crippen molar-refractivity contribution >= 4 is 23.2 Å². The highest BCUT2D eigenvalue weighted by molar-refractivity contribution is 6.30. The predicted molar refractivity (Wildman–Crippen MR) is 110 cm³/mol. The number of alkyl halides is 4. The topological polar surface area (TPSA) is 41.6 Å². The average Bonchev–Trinajstić information content (AvgIpc) is 3.48. The molecule has 0 radical (unpaired) electrons. The molecule has 168 valence electrons. The van der Waals surface area contributed by atoms with E-state index in [1.165, 1.54) is 53.4 Å². The lowest BCUT2D eigenvalue weighted by molar-refractivity contribution is -0.269. The zero-order valence-corrected chi connectivity index (χ0v) is 17.5. The van der Waals surface area contributed by atoms with E-state index in [1.807, 2.05) is 0 Å². The Kier molecular flexibility index (Phi) is 4.80. The standard InChI is InChI=1S/C23H19ClF4N2O2/c24-18-3-1-2-17(10-18)22(23(26,27)28)11-19(29-32-22)14-6-8-16(9-7-14)21(25)12-30(13-21)20(31)15-4-5-15/h1-3,6-11,15,29H,4-5,12-13H2. The third-order valence-corrected chi connectivity index (χ3v) is 6.41. The molecule has 0 aromatic heterocycles. The number of rotatable bonds is 4. The Labute approximate surface area is 186 Å². The SMILES string of the molecule is O=C(C1CC1)N1CC(F)(c2ccc(C3=CC(c4cccc(Cl)c4)(C(F)(F)F)ON3)cc2)C1.